The van der Waals surface area contributed by atoms with Crippen LogP contribution >= 0.6 is 11.6 Å². The third-order valence-corrected chi connectivity index (χ3v) is 8.65. The number of anilines is 2. The molecule has 1 aliphatic carbocycles. The topological polar surface area (TPSA) is 73.8 Å². The molecule has 31 heavy (non-hydrogen) atoms. The minimum absolute atomic E-state index is 0.0922. The summed E-state index contributed by atoms with van der Waals surface area (Å²) in [6, 6.07) is 15.8. The van der Waals surface area contributed by atoms with Crippen molar-refractivity contribution in [3.8, 4) is 0 Å². The highest BCUT2D eigenvalue weighted by Crippen LogP contribution is 2.41. The Labute approximate surface area is 189 Å². The standard InChI is InChI=1S/C23H29ClN4O2S/c1-28(2)16-31(29,30)19-10-12-23(13-11-19)22(25-15-17-6-5-7-18(24)14-17)26-20-8-3-4-9-21(20)27-23/h3-9,14,19,27H,10-13,15-16H2,1-2H3,(H,25,26). The number of benzene rings is 2. The van der Waals surface area contributed by atoms with Crippen molar-refractivity contribution in [3.63, 3.8) is 0 Å². The van der Waals surface area contributed by atoms with E-state index in [0.29, 0.717) is 37.3 Å². The second-order valence-electron chi connectivity index (χ2n) is 8.74. The van der Waals surface area contributed by atoms with Crippen molar-refractivity contribution in [2.75, 3.05) is 30.6 Å². The van der Waals surface area contributed by atoms with Gasteiger partial charge in [-0.25, -0.2) is 8.42 Å². The lowest BCUT2D eigenvalue weighted by molar-refractivity contribution is 0.390. The molecule has 0 unspecified atom stereocenters. The van der Waals surface area contributed by atoms with Crippen LogP contribution in [-0.2, 0) is 16.4 Å². The Morgan fingerprint density at radius 1 is 1.10 bits per heavy atom. The molecule has 6 nitrogen and oxygen atoms in total. The van der Waals surface area contributed by atoms with Gasteiger partial charge in [0.2, 0.25) is 0 Å². The van der Waals surface area contributed by atoms with E-state index in [4.69, 9.17) is 16.6 Å². The summed E-state index contributed by atoms with van der Waals surface area (Å²) in [6.45, 7) is 0.511. The molecule has 0 radical (unpaired) electrons. The quantitative estimate of drug-likeness (QED) is 0.692. The summed E-state index contributed by atoms with van der Waals surface area (Å²) in [5.74, 6) is 0.962. The number of sulfone groups is 1. The molecule has 8 heteroatoms. The lowest BCUT2D eigenvalue weighted by Gasteiger charge is -2.45. The summed E-state index contributed by atoms with van der Waals surface area (Å²) < 4.78 is 25.5. The maximum absolute atomic E-state index is 12.8. The first-order chi connectivity index (χ1) is 14.8. The summed E-state index contributed by atoms with van der Waals surface area (Å²) in [4.78, 5) is 6.66. The van der Waals surface area contributed by atoms with Crippen LogP contribution in [0.4, 0.5) is 11.4 Å². The van der Waals surface area contributed by atoms with Crippen LogP contribution in [0.25, 0.3) is 0 Å². The molecule has 1 spiro atoms. The van der Waals surface area contributed by atoms with E-state index >= 15 is 0 Å². The van der Waals surface area contributed by atoms with Gasteiger partial charge in [0, 0.05) is 5.02 Å². The Hall–Kier alpha value is -2.09. The number of rotatable bonds is 5. The van der Waals surface area contributed by atoms with Crippen molar-refractivity contribution in [1.29, 1.82) is 0 Å². The molecule has 2 aromatic rings. The predicted octanol–water partition coefficient (Wildman–Crippen LogP) is 4.39. The Morgan fingerprint density at radius 3 is 2.48 bits per heavy atom. The molecule has 1 saturated carbocycles. The summed E-state index contributed by atoms with van der Waals surface area (Å²) in [5.41, 5.74) is 2.66. The molecule has 1 heterocycles. The minimum atomic E-state index is -3.15. The van der Waals surface area contributed by atoms with Crippen molar-refractivity contribution in [2.24, 2.45) is 4.99 Å². The van der Waals surface area contributed by atoms with Crippen molar-refractivity contribution >= 4 is 38.6 Å². The summed E-state index contributed by atoms with van der Waals surface area (Å²) in [6.07, 6.45) is 2.65. The van der Waals surface area contributed by atoms with Gasteiger partial charge in [0.1, 0.15) is 11.7 Å². The number of nitrogens with one attached hydrogen (secondary N) is 2. The monoisotopic (exact) mass is 460 g/mol. The number of halogens is 1. The van der Waals surface area contributed by atoms with Gasteiger partial charge in [-0.15, -0.1) is 0 Å². The minimum Gasteiger partial charge on any atom is -0.371 e. The molecule has 0 saturated heterocycles. The lowest BCUT2D eigenvalue weighted by Crippen LogP contribution is -2.56. The molecule has 0 amide bonds. The van der Waals surface area contributed by atoms with Gasteiger partial charge in [-0.05, 0) is 69.6 Å². The molecule has 0 aromatic heterocycles. The summed E-state index contributed by atoms with van der Waals surface area (Å²) in [5, 5.41) is 7.61. The zero-order valence-corrected chi connectivity index (χ0v) is 19.5. The molecule has 2 N–H and O–H groups in total. The fourth-order valence-corrected chi connectivity index (χ4v) is 6.63. The van der Waals surface area contributed by atoms with Gasteiger partial charge in [-0.3, -0.25) is 9.89 Å². The highest BCUT2D eigenvalue weighted by Gasteiger charge is 2.45. The van der Waals surface area contributed by atoms with E-state index < -0.39 is 15.4 Å². The van der Waals surface area contributed by atoms with Gasteiger partial charge < -0.3 is 10.6 Å². The van der Waals surface area contributed by atoms with E-state index in [1.165, 1.54) is 0 Å². The van der Waals surface area contributed by atoms with Crippen LogP contribution in [0.2, 0.25) is 5.02 Å². The zero-order valence-electron chi connectivity index (χ0n) is 17.9. The smallest absolute Gasteiger partial charge is 0.166 e. The van der Waals surface area contributed by atoms with E-state index in [1.54, 1.807) is 19.0 Å². The Balaban J connectivity index is 1.60. The second kappa shape index (κ2) is 8.81. The number of hydrogen-bond donors (Lipinski definition) is 2. The van der Waals surface area contributed by atoms with Gasteiger partial charge in [0.05, 0.1) is 28.7 Å². The van der Waals surface area contributed by atoms with Crippen LogP contribution < -0.4 is 10.6 Å². The average molecular weight is 461 g/mol. The maximum Gasteiger partial charge on any atom is 0.166 e. The molecule has 2 aromatic carbocycles. The highest BCUT2D eigenvalue weighted by atomic mass is 35.5. The molecule has 1 aliphatic heterocycles. The van der Waals surface area contributed by atoms with Crippen molar-refractivity contribution in [1.82, 2.24) is 4.90 Å². The number of amidine groups is 1. The molecule has 0 atom stereocenters. The van der Waals surface area contributed by atoms with Crippen molar-refractivity contribution in [2.45, 2.75) is 43.0 Å². The van der Waals surface area contributed by atoms with Gasteiger partial charge in [-0.2, -0.15) is 0 Å². The number of para-hydroxylation sites is 2. The SMILES string of the molecule is CN(C)CS(=O)(=O)C1CCC2(CC1)Nc1ccccc1NC2=NCc1cccc(Cl)c1. The zero-order chi connectivity index (χ0) is 22.1. The molecule has 1 fully saturated rings. The highest BCUT2D eigenvalue weighted by molar-refractivity contribution is 7.91. The van der Waals surface area contributed by atoms with Crippen LogP contribution in [0.1, 0.15) is 31.2 Å². The largest absolute Gasteiger partial charge is 0.371 e. The van der Waals surface area contributed by atoms with Gasteiger partial charge in [-0.1, -0.05) is 35.9 Å². The molecule has 166 valence electrons. The normalized spacial score (nSPS) is 24.6. The van der Waals surface area contributed by atoms with Crippen molar-refractivity contribution in [3.05, 3.63) is 59.1 Å². The van der Waals surface area contributed by atoms with Crippen molar-refractivity contribution < 1.29 is 8.42 Å². The molecule has 0 bridgehead atoms. The van der Waals surface area contributed by atoms with E-state index in [2.05, 4.69) is 10.6 Å². The first-order valence-electron chi connectivity index (χ1n) is 10.6. The number of fused-ring (bicyclic) bond motifs is 1. The Bertz CT molecular complexity index is 1080. The predicted molar refractivity (Wildman–Crippen MR) is 129 cm³/mol. The Morgan fingerprint density at radius 2 is 1.81 bits per heavy atom. The first-order valence-corrected chi connectivity index (χ1v) is 12.7. The van der Waals surface area contributed by atoms with Crippen LogP contribution in [0.5, 0.6) is 0 Å². The van der Waals surface area contributed by atoms with E-state index in [-0.39, 0.29) is 11.1 Å². The number of hydrogen-bond acceptors (Lipinski definition) is 5. The number of aliphatic imine (C=N–C) groups is 1. The van der Waals surface area contributed by atoms with Gasteiger partial charge in [0.15, 0.2) is 9.84 Å². The van der Waals surface area contributed by atoms with Crippen LogP contribution in [0.15, 0.2) is 53.5 Å². The van der Waals surface area contributed by atoms with Crippen LogP contribution in [0, 0.1) is 0 Å². The Kier molecular flexibility index (Phi) is 6.28. The molecule has 2 aliphatic rings. The summed E-state index contributed by atoms with van der Waals surface area (Å²) in [7, 11) is 0.443. The lowest BCUT2D eigenvalue weighted by atomic mass is 9.78. The van der Waals surface area contributed by atoms with E-state index in [9.17, 15) is 8.42 Å². The first kappa shape index (κ1) is 22.1. The van der Waals surface area contributed by atoms with Gasteiger partial charge in [0.25, 0.3) is 0 Å². The van der Waals surface area contributed by atoms with Crippen LogP contribution in [-0.4, -0.2) is 49.9 Å². The summed E-state index contributed by atoms with van der Waals surface area (Å²) >= 11 is 6.13. The van der Waals surface area contributed by atoms with Gasteiger partial charge >= 0.3 is 0 Å². The maximum atomic E-state index is 12.8. The molecular formula is C23H29ClN4O2S. The van der Waals surface area contributed by atoms with Crippen LogP contribution in [0.3, 0.4) is 0 Å². The van der Waals surface area contributed by atoms with E-state index in [0.717, 1.165) is 22.8 Å². The fourth-order valence-electron chi connectivity index (χ4n) is 4.53. The third kappa shape index (κ3) is 4.89. The fraction of sp³-hybridized carbons (Fsp3) is 0.435. The third-order valence-electron chi connectivity index (χ3n) is 6.05. The number of nitrogens with zero attached hydrogens (tertiary/aromatic N) is 2. The molecule has 4 rings (SSSR count). The average Bonchev–Trinajstić information content (AvgIpc) is 2.72. The molecular weight excluding hydrogens is 432 g/mol. The second-order valence-corrected chi connectivity index (χ2v) is 11.4. The van der Waals surface area contributed by atoms with E-state index in [1.807, 2.05) is 48.5 Å².